The Hall–Kier alpha value is -0.0800. The fourth-order valence-electron chi connectivity index (χ4n) is 2.47. The fraction of sp³-hybridized carbons (Fsp3) is 1.00. The molecule has 19 heavy (non-hydrogen) atoms. The highest BCUT2D eigenvalue weighted by Crippen LogP contribution is 2.12. The standard InChI is InChI=1S/C17H38N2/c1-14(2)11-18-10-8-9-17(7)19(12-15(3)4)13-16(5)6/h14-18H,8-13H2,1-7H3. The monoisotopic (exact) mass is 270 g/mol. The molecule has 0 spiro atoms. The lowest BCUT2D eigenvalue weighted by Crippen LogP contribution is -2.39. The van der Waals surface area contributed by atoms with E-state index in [0.717, 1.165) is 24.3 Å². The first-order valence-corrected chi connectivity index (χ1v) is 8.27. The molecule has 0 bridgehead atoms. The molecule has 0 aliphatic rings. The Balaban J connectivity index is 3.92. The molecule has 2 heteroatoms. The van der Waals surface area contributed by atoms with E-state index in [1.807, 2.05) is 0 Å². The molecule has 0 heterocycles. The van der Waals surface area contributed by atoms with Crippen LogP contribution in [0, 0.1) is 17.8 Å². The molecule has 0 fully saturated rings. The Labute approximate surface area is 122 Å². The zero-order chi connectivity index (χ0) is 14.8. The second-order valence-corrected chi connectivity index (χ2v) is 7.33. The minimum Gasteiger partial charge on any atom is -0.316 e. The Kier molecular flexibility index (Phi) is 10.6. The van der Waals surface area contributed by atoms with Gasteiger partial charge in [-0.2, -0.15) is 0 Å². The summed E-state index contributed by atoms with van der Waals surface area (Å²) in [5, 5.41) is 3.54. The maximum atomic E-state index is 3.54. The highest BCUT2D eigenvalue weighted by Gasteiger charge is 2.15. The second kappa shape index (κ2) is 10.7. The summed E-state index contributed by atoms with van der Waals surface area (Å²) in [7, 11) is 0. The van der Waals surface area contributed by atoms with E-state index in [1.165, 1.54) is 32.5 Å². The molecule has 1 atom stereocenters. The minimum atomic E-state index is 0.714. The predicted octanol–water partition coefficient (Wildman–Crippen LogP) is 4.01. The molecule has 0 rings (SSSR count). The molecular formula is C17H38N2. The quantitative estimate of drug-likeness (QED) is 0.571. The topological polar surface area (TPSA) is 15.3 Å². The van der Waals surface area contributed by atoms with Crippen LogP contribution in [-0.2, 0) is 0 Å². The molecule has 0 radical (unpaired) electrons. The maximum Gasteiger partial charge on any atom is 0.00676 e. The zero-order valence-corrected chi connectivity index (χ0v) is 14.5. The Morgan fingerprint density at radius 3 is 1.74 bits per heavy atom. The van der Waals surface area contributed by atoms with E-state index in [0.29, 0.717) is 6.04 Å². The summed E-state index contributed by atoms with van der Waals surface area (Å²) in [4.78, 5) is 2.68. The highest BCUT2D eigenvalue weighted by atomic mass is 15.1. The average Bonchev–Trinajstić information content (AvgIpc) is 2.25. The Morgan fingerprint density at radius 2 is 1.32 bits per heavy atom. The molecule has 0 amide bonds. The molecule has 2 nitrogen and oxygen atoms in total. The molecule has 0 aromatic rings. The van der Waals surface area contributed by atoms with Crippen LogP contribution < -0.4 is 5.32 Å². The molecule has 0 aliphatic heterocycles. The van der Waals surface area contributed by atoms with E-state index in [-0.39, 0.29) is 0 Å². The van der Waals surface area contributed by atoms with E-state index >= 15 is 0 Å². The van der Waals surface area contributed by atoms with Crippen LogP contribution in [0.15, 0.2) is 0 Å². The van der Waals surface area contributed by atoms with Crippen molar-refractivity contribution in [3.8, 4) is 0 Å². The van der Waals surface area contributed by atoms with Crippen molar-refractivity contribution in [2.45, 2.75) is 67.3 Å². The molecule has 116 valence electrons. The van der Waals surface area contributed by atoms with Crippen molar-refractivity contribution in [3.05, 3.63) is 0 Å². The van der Waals surface area contributed by atoms with Crippen LogP contribution in [0.2, 0.25) is 0 Å². The van der Waals surface area contributed by atoms with E-state index in [1.54, 1.807) is 0 Å². The van der Waals surface area contributed by atoms with Crippen molar-refractivity contribution in [2.75, 3.05) is 26.2 Å². The van der Waals surface area contributed by atoms with Gasteiger partial charge in [0.1, 0.15) is 0 Å². The largest absolute Gasteiger partial charge is 0.316 e. The number of rotatable bonds is 11. The van der Waals surface area contributed by atoms with Crippen molar-refractivity contribution >= 4 is 0 Å². The summed E-state index contributed by atoms with van der Waals surface area (Å²) in [6, 6.07) is 0.714. The van der Waals surface area contributed by atoms with Gasteiger partial charge in [-0.05, 0) is 50.6 Å². The van der Waals surface area contributed by atoms with E-state index in [9.17, 15) is 0 Å². The SMILES string of the molecule is CC(C)CNCCCC(C)N(CC(C)C)CC(C)C. The number of nitrogens with zero attached hydrogens (tertiary/aromatic N) is 1. The molecule has 0 aliphatic carbocycles. The Morgan fingerprint density at radius 1 is 0.789 bits per heavy atom. The maximum absolute atomic E-state index is 3.54. The summed E-state index contributed by atoms with van der Waals surface area (Å²) in [5.74, 6) is 2.29. The second-order valence-electron chi connectivity index (χ2n) is 7.33. The van der Waals surface area contributed by atoms with Crippen molar-refractivity contribution < 1.29 is 0 Å². The van der Waals surface area contributed by atoms with Crippen molar-refractivity contribution in [2.24, 2.45) is 17.8 Å². The van der Waals surface area contributed by atoms with E-state index < -0.39 is 0 Å². The van der Waals surface area contributed by atoms with Crippen molar-refractivity contribution in [1.82, 2.24) is 10.2 Å². The van der Waals surface area contributed by atoms with Crippen LogP contribution in [0.4, 0.5) is 0 Å². The van der Waals surface area contributed by atoms with Crippen LogP contribution in [0.3, 0.4) is 0 Å². The first kappa shape index (κ1) is 18.9. The van der Waals surface area contributed by atoms with Gasteiger partial charge in [0.05, 0.1) is 0 Å². The highest BCUT2D eigenvalue weighted by molar-refractivity contribution is 4.70. The molecule has 0 aromatic carbocycles. The third kappa shape index (κ3) is 11.4. The van der Waals surface area contributed by atoms with Crippen LogP contribution in [0.5, 0.6) is 0 Å². The summed E-state index contributed by atoms with van der Waals surface area (Å²) < 4.78 is 0. The number of hydrogen-bond donors (Lipinski definition) is 1. The normalized spacial score (nSPS) is 14.1. The van der Waals surface area contributed by atoms with Gasteiger partial charge in [0, 0.05) is 19.1 Å². The van der Waals surface area contributed by atoms with Gasteiger partial charge in [-0.1, -0.05) is 41.5 Å². The summed E-state index contributed by atoms with van der Waals surface area (Å²) in [5.41, 5.74) is 0. The van der Waals surface area contributed by atoms with E-state index in [4.69, 9.17) is 0 Å². The van der Waals surface area contributed by atoms with Gasteiger partial charge in [0.2, 0.25) is 0 Å². The number of nitrogens with one attached hydrogen (secondary N) is 1. The Bertz CT molecular complexity index is 189. The number of hydrogen-bond acceptors (Lipinski definition) is 2. The third-order valence-corrected chi connectivity index (χ3v) is 3.35. The fourth-order valence-corrected chi connectivity index (χ4v) is 2.47. The lowest BCUT2D eigenvalue weighted by Gasteiger charge is -2.32. The first-order valence-electron chi connectivity index (χ1n) is 8.27. The summed E-state index contributed by atoms with van der Waals surface area (Å²) in [6.45, 7) is 21.0. The van der Waals surface area contributed by atoms with Gasteiger partial charge in [0.25, 0.3) is 0 Å². The average molecular weight is 271 g/mol. The van der Waals surface area contributed by atoms with Gasteiger partial charge in [-0.3, -0.25) is 0 Å². The molecule has 0 saturated heterocycles. The molecule has 0 saturated carbocycles. The lowest BCUT2D eigenvalue weighted by molar-refractivity contribution is 0.157. The molecule has 0 aromatic heterocycles. The smallest absolute Gasteiger partial charge is 0.00676 e. The first-order chi connectivity index (χ1) is 8.82. The van der Waals surface area contributed by atoms with Crippen LogP contribution in [0.1, 0.15) is 61.3 Å². The zero-order valence-electron chi connectivity index (χ0n) is 14.5. The summed E-state index contributed by atoms with van der Waals surface area (Å²) >= 11 is 0. The van der Waals surface area contributed by atoms with E-state index in [2.05, 4.69) is 58.7 Å². The van der Waals surface area contributed by atoms with Gasteiger partial charge in [-0.25, -0.2) is 0 Å². The lowest BCUT2D eigenvalue weighted by atomic mass is 10.1. The van der Waals surface area contributed by atoms with Crippen LogP contribution in [-0.4, -0.2) is 37.1 Å². The van der Waals surface area contributed by atoms with Gasteiger partial charge >= 0.3 is 0 Å². The predicted molar refractivity (Wildman–Crippen MR) is 87.7 cm³/mol. The van der Waals surface area contributed by atoms with Crippen LogP contribution in [0.25, 0.3) is 0 Å². The molecule has 1 N–H and O–H groups in total. The van der Waals surface area contributed by atoms with Gasteiger partial charge in [-0.15, -0.1) is 0 Å². The molecular weight excluding hydrogens is 232 g/mol. The molecule has 1 unspecified atom stereocenters. The van der Waals surface area contributed by atoms with Gasteiger partial charge in [0.15, 0.2) is 0 Å². The summed E-state index contributed by atoms with van der Waals surface area (Å²) in [6.07, 6.45) is 2.60. The third-order valence-electron chi connectivity index (χ3n) is 3.35. The van der Waals surface area contributed by atoms with Crippen LogP contribution >= 0.6 is 0 Å². The van der Waals surface area contributed by atoms with Crippen molar-refractivity contribution in [3.63, 3.8) is 0 Å². The van der Waals surface area contributed by atoms with Crippen molar-refractivity contribution in [1.29, 1.82) is 0 Å². The minimum absolute atomic E-state index is 0.714. The van der Waals surface area contributed by atoms with Gasteiger partial charge < -0.3 is 10.2 Å².